The largest absolute Gasteiger partial charge is 0.297 e. The van der Waals surface area contributed by atoms with Crippen LogP contribution < -0.4 is 0 Å². The zero-order chi connectivity index (χ0) is 21.9. The SMILES string of the molecule is CC(C)(C)N1CC2(CCC2)C1.CC(C)(C)n1cccn1.CC(C)(C)n1nccn1. The summed E-state index contributed by atoms with van der Waals surface area (Å²) >= 11 is 0. The van der Waals surface area contributed by atoms with Crippen LogP contribution in [0.3, 0.4) is 0 Å². The van der Waals surface area contributed by atoms with Crippen LogP contribution in [0.2, 0.25) is 0 Å². The zero-order valence-electron chi connectivity index (χ0n) is 20.1. The number of hydrogen-bond donors (Lipinski definition) is 0. The van der Waals surface area contributed by atoms with Gasteiger partial charge in [-0.2, -0.15) is 20.1 Å². The Bertz CT molecular complexity index is 655. The van der Waals surface area contributed by atoms with Gasteiger partial charge in [-0.3, -0.25) is 9.58 Å². The van der Waals surface area contributed by atoms with Crippen molar-refractivity contribution in [3.8, 4) is 0 Å². The first-order valence-electron chi connectivity index (χ1n) is 10.9. The van der Waals surface area contributed by atoms with E-state index in [0.717, 1.165) is 5.41 Å². The topological polar surface area (TPSA) is 51.8 Å². The van der Waals surface area contributed by atoms with E-state index in [-0.39, 0.29) is 11.1 Å². The second-order valence-electron chi connectivity index (χ2n) is 11.5. The molecule has 0 aromatic carbocycles. The number of likely N-dealkylation sites (tertiary alicyclic amines) is 1. The van der Waals surface area contributed by atoms with Crippen molar-refractivity contribution in [2.75, 3.05) is 13.1 Å². The lowest BCUT2D eigenvalue weighted by Gasteiger charge is -2.60. The van der Waals surface area contributed by atoms with E-state index in [2.05, 4.69) is 82.5 Å². The fourth-order valence-corrected chi connectivity index (χ4v) is 3.46. The molecule has 6 nitrogen and oxygen atoms in total. The Morgan fingerprint density at radius 3 is 1.48 bits per heavy atom. The molecule has 0 bridgehead atoms. The van der Waals surface area contributed by atoms with Gasteiger partial charge in [0.05, 0.1) is 23.5 Å². The van der Waals surface area contributed by atoms with Gasteiger partial charge in [-0.1, -0.05) is 6.42 Å². The van der Waals surface area contributed by atoms with Crippen molar-refractivity contribution in [2.45, 2.75) is 98.2 Å². The summed E-state index contributed by atoms with van der Waals surface area (Å²) in [7, 11) is 0. The minimum Gasteiger partial charge on any atom is -0.297 e. The molecule has 29 heavy (non-hydrogen) atoms. The van der Waals surface area contributed by atoms with Gasteiger partial charge < -0.3 is 0 Å². The van der Waals surface area contributed by atoms with Crippen molar-refractivity contribution in [1.82, 2.24) is 29.7 Å². The lowest BCUT2D eigenvalue weighted by molar-refractivity contribution is -0.104. The molecule has 2 aromatic heterocycles. The Balaban J connectivity index is 0.000000157. The molecule has 1 aliphatic heterocycles. The van der Waals surface area contributed by atoms with Crippen LogP contribution in [0, 0.1) is 5.41 Å². The van der Waals surface area contributed by atoms with E-state index in [0.29, 0.717) is 5.54 Å². The van der Waals surface area contributed by atoms with Crippen molar-refractivity contribution < 1.29 is 0 Å². The molecule has 164 valence electrons. The molecule has 0 unspecified atom stereocenters. The summed E-state index contributed by atoms with van der Waals surface area (Å²) in [5.41, 5.74) is 1.36. The second kappa shape index (κ2) is 8.58. The van der Waals surface area contributed by atoms with Gasteiger partial charge in [-0.05, 0) is 86.6 Å². The van der Waals surface area contributed by atoms with Gasteiger partial charge in [0, 0.05) is 31.0 Å². The quantitative estimate of drug-likeness (QED) is 0.626. The third-order valence-corrected chi connectivity index (χ3v) is 5.63. The van der Waals surface area contributed by atoms with Crippen LogP contribution in [0.4, 0.5) is 0 Å². The van der Waals surface area contributed by atoms with Crippen LogP contribution in [-0.2, 0) is 11.1 Å². The van der Waals surface area contributed by atoms with E-state index in [1.165, 1.54) is 32.4 Å². The van der Waals surface area contributed by atoms with E-state index < -0.39 is 0 Å². The molecule has 4 rings (SSSR count). The minimum absolute atomic E-state index is 0.0174. The van der Waals surface area contributed by atoms with Gasteiger partial charge in [-0.15, -0.1) is 0 Å². The lowest BCUT2D eigenvalue weighted by atomic mass is 9.62. The highest BCUT2D eigenvalue weighted by Gasteiger charge is 2.49. The van der Waals surface area contributed by atoms with Crippen LogP contribution in [0.25, 0.3) is 0 Å². The predicted octanol–water partition coefficient (Wildman–Crippen LogP) is 4.94. The van der Waals surface area contributed by atoms with Crippen LogP contribution in [0.1, 0.15) is 81.6 Å². The molecular formula is C23H42N6. The average molecular weight is 403 g/mol. The smallest absolute Gasteiger partial charge is 0.0740 e. The molecule has 1 saturated carbocycles. The normalized spacial score (nSPS) is 18.7. The van der Waals surface area contributed by atoms with Crippen molar-refractivity contribution in [1.29, 1.82) is 0 Å². The summed E-state index contributed by atoms with van der Waals surface area (Å²) in [6, 6.07) is 1.94. The molecular weight excluding hydrogens is 360 g/mol. The molecule has 0 atom stereocenters. The Labute approximate surface area is 177 Å². The molecule has 2 aromatic rings. The highest BCUT2D eigenvalue weighted by atomic mass is 15.5. The number of nitrogens with zero attached hydrogens (tertiary/aromatic N) is 6. The van der Waals surface area contributed by atoms with Gasteiger partial charge in [0.1, 0.15) is 0 Å². The van der Waals surface area contributed by atoms with E-state index in [1.807, 2.05) is 16.9 Å². The summed E-state index contributed by atoms with van der Waals surface area (Å²) in [4.78, 5) is 4.29. The lowest BCUT2D eigenvalue weighted by Crippen LogP contribution is -2.64. The van der Waals surface area contributed by atoms with Gasteiger partial charge in [0.2, 0.25) is 0 Å². The molecule has 0 amide bonds. The maximum Gasteiger partial charge on any atom is 0.0740 e. The van der Waals surface area contributed by atoms with Gasteiger partial charge in [-0.25, -0.2) is 0 Å². The van der Waals surface area contributed by atoms with E-state index >= 15 is 0 Å². The summed E-state index contributed by atoms with van der Waals surface area (Å²) < 4.78 is 1.94. The third-order valence-electron chi connectivity index (χ3n) is 5.63. The van der Waals surface area contributed by atoms with Gasteiger partial charge in [0.25, 0.3) is 0 Å². The van der Waals surface area contributed by atoms with Crippen molar-refractivity contribution in [2.24, 2.45) is 5.41 Å². The zero-order valence-corrected chi connectivity index (χ0v) is 20.1. The maximum absolute atomic E-state index is 4.10. The molecule has 0 N–H and O–H groups in total. The molecule has 1 saturated heterocycles. The monoisotopic (exact) mass is 402 g/mol. The second-order valence-corrected chi connectivity index (χ2v) is 11.5. The summed E-state index contributed by atoms with van der Waals surface area (Å²) in [5, 5.41) is 12.1. The third kappa shape index (κ3) is 6.66. The predicted molar refractivity (Wildman–Crippen MR) is 120 cm³/mol. The Hall–Kier alpha value is -1.69. The van der Waals surface area contributed by atoms with E-state index in [9.17, 15) is 0 Å². The summed E-state index contributed by atoms with van der Waals surface area (Å²) in [6.45, 7) is 22.3. The Morgan fingerprint density at radius 2 is 1.24 bits per heavy atom. The molecule has 1 spiro atoms. The number of hydrogen-bond acceptors (Lipinski definition) is 4. The van der Waals surface area contributed by atoms with Crippen molar-refractivity contribution in [3.05, 3.63) is 30.9 Å². The highest BCUT2D eigenvalue weighted by Crippen LogP contribution is 2.49. The maximum atomic E-state index is 4.10. The van der Waals surface area contributed by atoms with E-state index in [4.69, 9.17) is 0 Å². The molecule has 0 radical (unpaired) electrons. The summed E-state index contributed by atoms with van der Waals surface area (Å²) in [5.74, 6) is 0. The minimum atomic E-state index is 0.0174. The van der Waals surface area contributed by atoms with Crippen LogP contribution in [0.5, 0.6) is 0 Å². The first-order valence-corrected chi connectivity index (χ1v) is 10.9. The fourth-order valence-electron chi connectivity index (χ4n) is 3.46. The van der Waals surface area contributed by atoms with Gasteiger partial charge >= 0.3 is 0 Å². The molecule has 3 heterocycles. The average Bonchev–Trinajstić information content (AvgIpc) is 3.17. The molecule has 2 fully saturated rings. The van der Waals surface area contributed by atoms with Crippen LogP contribution in [-0.4, -0.2) is 48.3 Å². The highest BCUT2D eigenvalue weighted by molar-refractivity contribution is 5.03. The van der Waals surface area contributed by atoms with Crippen LogP contribution in [0.15, 0.2) is 30.9 Å². The number of aromatic nitrogens is 5. The van der Waals surface area contributed by atoms with Gasteiger partial charge in [0.15, 0.2) is 0 Å². The Kier molecular flexibility index (Phi) is 6.98. The molecule has 6 heteroatoms. The number of rotatable bonds is 0. The molecule has 2 aliphatic rings. The van der Waals surface area contributed by atoms with Crippen molar-refractivity contribution in [3.63, 3.8) is 0 Å². The standard InChI is InChI=1S/C10H19N.C7H12N2.C6H11N3/c1-9(2,3)11-7-10(8-11)5-4-6-10;1-7(2,3)9-6-4-5-8-9;1-6(2,3)9-7-4-5-8-9/h4-8H2,1-3H3;4-6H,1-3H3;4-5H,1-3H3. The van der Waals surface area contributed by atoms with Crippen LogP contribution >= 0.6 is 0 Å². The first-order chi connectivity index (χ1) is 13.2. The summed E-state index contributed by atoms with van der Waals surface area (Å²) in [6.07, 6.45) is 11.6. The first kappa shape index (κ1) is 23.6. The Morgan fingerprint density at radius 1 is 0.690 bits per heavy atom. The molecule has 1 aliphatic carbocycles. The van der Waals surface area contributed by atoms with E-state index in [1.54, 1.807) is 23.4 Å². The fraction of sp³-hybridized carbons (Fsp3) is 0.783. The van der Waals surface area contributed by atoms with Crippen molar-refractivity contribution >= 4 is 0 Å².